The molecule has 0 spiro atoms. The Morgan fingerprint density at radius 1 is 1.39 bits per heavy atom. The van der Waals surface area contributed by atoms with Gasteiger partial charge < -0.3 is 4.74 Å². The van der Waals surface area contributed by atoms with E-state index >= 15 is 0 Å². The van der Waals surface area contributed by atoms with Gasteiger partial charge in [0.05, 0.1) is 4.92 Å². The van der Waals surface area contributed by atoms with Gasteiger partial charge in [-0.1, -0.05) is 19.6 Å². The van der Waals surface area contributed by atoms with Gasteiger partial charge in [0.2, 0.25) is 5.82 Å². The zero-order valence-corrected chi connectivity index (χ0v) is 14.2. The van der Waals surface area contributed by atoms with Gasteiger partial charge in [0, 0.05) is 26.3 Å². The van der Waals surface area contributed by atoms with Crippen molar-refractivity contribution in [2.45, 2.75) is 32.4 Å². The highest BCUT2D eigenvalue weighted by Gasteiger charge is 2.18. The van der Waals surface area contributed by atoms with Crippen LogP contribution in [0.3, 0.4) is 0 Å². The van der Waals surface area contributed by atoms with E-state index in [0.29, 0.717) is 18.0 Å². The maximum absolute atomic E-state index is 13.7. The molecule has 2 aromatic rings. The van der Waals surface area contributed by atoms with Crippen LogP contribution in [0.4, 0.5) is 10.1 Å². The minimum absolute atomic E-state index is 0.144. The predicted molar refractivity (Wildman–Crippen MR) is 84.0 cm³/mol. The Bertz CT molecular complexity index is 701. The average Bonchev–Trinajstić information content (AvgIpc) is 2.90. The largest absolute Gasteiger partial charge is 0.359 e. The van der Waals surface area contributed by atoms with Crippen LogP contribution in [-0.2, 0) is 11.5 Å². The van der Waals surface area contributed by atoms with Crippen molar-refractivity contribution in [1.82, 2.24) is 20.2 Å². The van der Waals surface area contributed by atoms with Gasteiger partial charge in [0.25, 0.3) is 0 Å². The SMILES string of the molecule is C[Si](C)(C)CCOCn1nnnc1-c1ccc([N+](=O)[O-])c(F)c1. The number of nitrogens with zero attached hydrogens (tertiary/aromatic N) is 5. The van der Waals surface area contributed by atoms with Crippen LogP contribution in [0.15, 0.2) is 18.2 Å². The van der Waals surface area contributed by atoms with Gasteiger partial charge in [-0.05, 0) is 28.6 Å². The molecule has 0 N–H and O–H groups in total. The zero-order valence-electron chi connectivity index (χ0n) is 13.2. The number of rotatable bonds is 7. The third-order valence-electron chi connectivity index (χ3n) is 3.14. The normalized spacial score (nSPS) is 11.7. The van der Waals surface area contributed by atoms with Crippen LogP contribution in [0, 0.1) is 15.9 Å². The van der Waals surface area contributed by atoms with E-state index in [9.17, 15) is 14.5 Å². The maximum Gasteiger partial charge on any atom is 0.304 e. The summed E-state index contributed by atoms with van der Waals surface area (Å²) in [5, 5.41) is 21.8. The summed E-state index contributed by atoms with van der Waals surface area (Å²) in [7, 11) is -1.18. The van der Waals surface area contributed by atoms with Gasteiger partial charge in [-0.15, -0.1) is 5.10 Å². The molecule has 1 aromatic carbocycles. The average molecular weight is 339 g/mol. The van der Waals surface area contributed by atoms with E-state index < -0.39 is 24.5 Å². The lowest BCUT2D eigenvalue weighted by molar-refractivity contribution is -0.387. The minimum Gasteiger partial charge on any atom is -0.359 e. The molecule has 23 heavy (non-hydrogen) atoms. The van der Waals surface area contributed by atoms with Gasteiger partial charge in [-0.25, -0.2) is 0 Å². The van der Waals surface area contributed by atoms with Crippen molar-refractivity contribution in [2.24, 2.45) is 0 Å². The molecular formula is C13H18FN5O3Si. The monoisotopic (exact) mass is 339 g/mol. The summed E-state index contributed by atoms with van der Waals surface area (Å²) in [6, 6.07) is 4.56. The van der Waals surface area contributed by atoms with Crippen molar-refractivity contribution in [3.8, 4) is 11.4 Å². The Kier molecular flexibility index (Phi) is 5.16. The van der Waals surface area contributed by atoms with Gasteiger partial charge in [-0.3, -0.25) is 10.1 Å². The molecule has 0 unspecified atom stereocenters. The predicted octanol–water partition coefficient (Wildman–Crippen LogP) is 2.70. The van der Waals surface area contributed by atoms with Crippen LogP contribution in [-0.4, -0.2) is 39.8 Å². The molecule has 0 fully saturated rings. The second-order valence-corrected chi connectivity index (χ2v) is 11.9. The Morgan fingerprint density at radius 3 is 2.74 bits per heavy atom. The molecule has 0 aliphatic rings. The Hall–Kier alpha value is -2.20. The second-order valence-electron chi connectivity index (χ2n) is 6.27. The molecule has 0 aliphatic heterocycles. The van der Waals surface area contributed by atoms with E-state index in [1.54, 1.807) is 0 Å². The summed E-state index contributed by atoms with van der Waals surface area (Å²) in [6.07, 6.45) is 0. The van der Waals surface area contributed by atoms with Crippen molar-refractivity contribution in [2.75, 3.05) is 6.61 Å². The topological polar surface area (TPSA) is 96.0 Å². The lowest BCUT2D eigenvalue weighted by Gasteiger charge is -2.15. The van der Waals surface area contributed by atoms with E-state index in [-0.39, 0.29) is 6.73 Å². The molecule has 0 amide bonds. The highest BCUT2D eigenvalue weighted by atomic mass is 28.3. The van der Waals surface area contributed by atoms with E-state index in [1.165, 1.54) is 10.7 Å². The summed E-state index contributed by atoms with van der Waals surface area (Å²) >= 11 is 0. The van der Waals surface area contributed by atoms with E-state index in [2.05, 4.69) is 35.2 Å². The first kappa shape index (κ1) is 17.2. The molecule has 0 saturated carbocycles. The van der Waals surface area contributed by atoms with Crippen LogP contribution in [0.2, 0.25) is 25.7 Å². The highest BCUT2D eigenvalue weighted by molar-refractivity contribution is 6.76. The Morgan fingerprint density at radius 2 is 2.13 bits per heavy atom. The molecule has 0 atom stereocenters. The van der Waals surface area contributed by atoms with Crippen LogP contribution in [0.5, 0.6) is 0 Å². The van der Waals surface area contributed by atoms with Gasteiger partial charge >= 0.3 is 5.69 Å². The first-order valence-corrected chi connectivity index (χ1v) is 10.8. The maximum atomic E-state index is 13.7. The van der Waals surface area contributed by atoms with Crippen LogP contribution in [0.1, 0.15) is 0 Å². The third-order valence-corrected chi connectivity index (χ3v) is 4.85. The lowest BCUT2D eigenvalue weighted by atomic mass is 10.2. The van der Waals surface area contributed by atoms with Gasteiger partial charge in [-0.2, -0.15) is 9.07 Å². The molecule has 2 rings (SSSR count). The fourth-order valence-electron chi connectivity index (χ4n) is 1.82. The number of ether oxygens (including phenoxy) is 1. The number of aromatic nitrogens is 4. The fourth-order valence-corrected chi connectivity index (χ4v) is 2.58. The number of halogens is 1. The standard InChI is InChI=1S/C13H18FN5O3Si/c1-23(2,3)7-6-22-9-18-13(15-16-17-18)10-4-5-12(19(20)21)11(14)8-10/h4-5,8H,6-7,9H2,1-3H3. The second kappa shape index (κ2) is 6.92. The van der Waals surface area contributed by atoms with Crippen molar-refractivity contribution < 1.29 is 14.1 Å². The highest BCUT2D eigenvalue weighted by Crippen LogP contribution is 2.23. The Labute approximate surface area is 133 Å². The van der Waals surface area contributed by atoms with Crippen molar-refractivity contribution in [1.29, 1.82) is 0 Å². The molecule has 10 heteroatoms. The van der Waals surface area contributed by atoms with E-state index in [1.807, 2.05) is 0 Å². The molecule has 0 aliphatic carbocycles. The number of benzene rings is 1. The van der Waals surface area contributed by atoms with Crippen molar-refractivity contribution in [3.63, 3.8) is 0 Å². The van der Waals surface area contributed by atoms with Gasteiger partial charge in [0.1, 0.15) is 6.73 Å². The van der Waals surface area contributed by atoms with E-state index in [0.717, 1.165) is 18.2 Å². The lowest BCUT2D eigenvalue weighted by Crippen LogP contribution is -2.22. The molecule has 0 bridgehead atoms. The van der Waals surface area contributed by atoms with Crippen LogP contribution in [0.25, 0.3) is 11.4 Å². The molecule has 8 nitrogen and oxygen atoms in total. The first-order chi connectivity index (χ1) is 10.8. The van der Waals surface area contributed by atoms with Crippen LogP contribution >= 0.6 is 0 Å². The molecule has 0 radical (unpaired) electrons. The number of nitro groups is 1. The number of hydrogen-bond donors (Lipinski definition) is 0. The third kappa shape index (κ3) is 4.63. The molecule has 124 valence electrons. The number of hydrogen-bond acceptors (Lipinski definition) is 6. The molecule has 1 aromatic heterocycles. The first-order valence-electron chi connectivity index (χ1n) is 7.06. The Balaban J connectivity index is 2.09. The van der Waals surface area contributed by atoms with Crippen LogP contribution < -0.4 is 0 Å². The molecule has 0 saturated heterocycles. The molecule has 1 heterocycles. The zero-order chi connectivity index (χ0) is 17.0. The molecular weight excluding hydrogens is 321 g/mol. The van der Waals surface area contributed by atoms with E-state index in [4.69, 9.17) is 4.74 Å². The van der Waals surface area contributed by atoms with Gasteiger partial charge in [0.15, 0.2) is 5.82 Å². The number of nitro benzene ring substituents is 1. The summed E-state index contributed by atoms with van der Waals surface area (Å²) in [5.74, 6) is -0.631. The summed E-state index contributed by atoms with van der Waals surface area (Å²) in [5.41, 5.74) is -0.231. The summed E-state index contributed by atoms with van der Waals surface area (Å²) in [6.45, 7) is 7.49. The van der Waals surface area contributed by atoms with Crippen molar-refractivity contribution >= 4 is 13.8 Å². The number of tetrazole rings is 1. The smallest absolute Gasteiger partial charge is 0.304 e. The minimum atomic E-state index is -1.18. The fraction of sp³-hybridized carbons (Fsp3) is 0.462. The summed E-state index contributed by atoms with van der Waals surface area (Å²) < 4.78 is 20.7. The summed E-state index contributed by atoms with van der Waals surface area (Å²) in [4.78, 5) is 9.87. The van der Waals surface area contributed by atoms with Crippen molar-refractivity contribution in [3.05, 3.63) is 34.1 Å². The quantitative estimate of drug-likeness (QED) is 0.333.